The van der Waals surface area contributed by atoms with Crippen LogP contribution in [0.4, 0.5) is 0 Å². The molecule has 0 spiro atoms. The summed E-state index contributed by atoms with van der Waals surface area (Å²) in [5, 5.41) is 112. The topological polar surface area (TPSA) is 428 Å². The van der Waals surface area contributed by atoms with Crippen molar-refractivity contribution in [3.05, 3.63) is 118 Å². The smallest absolute Gasteiger partial charge is 3.00 e. The molecular formula is C18Fe3In4N18-8. The Morgan fingerprint density at radius 3 is 0.186 bits per heavy atom. The van der Waals surface area contributed by atoms with E-state index in [0.29, 0.717) is 0 Å². The molecule has 0 aliphatic carbocycles. The van der Waals surface area contributed by atoms with E-state index >= 15 is 0 Å². The van der Waals surface area contributed by atoms with E-state index in [1.54, 1.807) is 0 Å². The van der Waals surface area contributed by atoms with E-state index < -0.39 is 0 Å². The molecule has 0 amide bonds. The summed E-state index contributed by atoms with van der Waals surface area (Å²) in [6.07, 6.45) is 0. The zero-order valence-electron chi connectivity index (χ0n) is 20.4. The molecule has 0 aliphatic heterocycles. The SMILES string of the molecule is [C-]#N.[C-]#N.[C-]#N.[C-]#N.[C-]#N.[C-]#N.[C-]#N.[C-]#N.[C-]#N.[C-]#N.[C-]#N.[C-]#N.[C-]#N.[C-]#N.[C-]#N.[C-]#N.[C-]#N.[C-]#N.[Fe+4].[Fe]=[In].[Fe]=[In].[In+3].[In+3]. The zero-order chi connectivity index (χ0) is 40.0. The predicted molar refractivity (Wildman–Crippen MR) is 112 cm³/mol. The molecule has 0 saturated heterocycles. The van der Waals surface area contributed by atoms with Crippen LogP contribution in [-0.2, 0) is 40.7 Å². The normalized spacial score (nSPS) is 1.02. The van der Waals surface area contributed by atoms with Gasteiger partial charge in [-0.25, -0.2) is 0 Å². The van der Waals surface area contributed by atoms with E-state index in [2.05, 4.69) is 23.6 Å². The quantitative estimate of drug-likeness (QED) is 0.231. The Hall–Kier alpha value is -4.14. The second-order valence-electron chi connectivity index (χ2n) is 0. The van der Waals surface area contributed by atoms with Gasteiger partial charge in [-0.1, -0.05) is 0 Å². The van der Waals surface area contributed by atoms with Crippen LogP contribution in [0.15, 0.2) is 0 Å². The molecule has 0 aliphatic rings. The predicted octanol–water partition coefficient (Wildman–Crippen LogP) is 0.204. The van der Waals surface area contributed by atoms with Gasteiger partial charge in [-0.3, -0.25) is 0 Å². The fraction of sp³-hybridized carbons (Fsp3) is 0. The maximum atomic E-state index is 6.25. The molecule has 206 valence electrons. The maximum absolute atomic E-state index is 6.25. The second kappa shape index (κ2) is 3000. The Labute approximate surface area is 343 Å². The van der Waals surface area contributed by atoms with Gasteiger partial charge >= 0.3 is 135 Å². The zero-order valence-corrected chi connectivity index (χ0v) is 36.9. The van der Waals surface area contributed by atoms with Crippen LogP contribution in [-0.4, -0.2) is 94.5 Å². The number of hydrogen-bond acceptors (Lipinski definition) is 18. The third kappa shape index (κ3) is 2840. The van der Waals surface area contributed by atoms with Crippen LogP contribution >= 0.6 is 0 Å². The van der Waals surface area contributed by atoms with Crippen LogP contribution in [0.1, 0.15) is 0 Å². The minimum absolute atomic E-state index is 0. The minimum atomic E-state index is 0. The van der Waals surface area contributed by atoms with Gasteiger partial charge in [-0.05, 0) is 0 Å². The molecule has 0 saturated carbocycles. The van der Waals surface area contributed by atoms with Gasteiger partial charge in [0.15, 0.2) is 0 Å². The van der Waals surface area contributed by atoms with Crippen LogP contribution in [0.5, 0.6) is 0 Å². The molecule has 43 heavy (non-hydrogen) atoms. The van der Waals surface area contributed by atoms with E-state index in [1.165, 1.54) is 0 Å². The first-order valence-corrected chi connectivity index (χ1v) is 15.3. The van der Waals surface area contributed by atoms with Gasteiger partial charge in [-0.2, -0.15) is 0 Å². The molecule has 2 radical (unpaired) electrons. The van der Waals surface area contributed by atoms with Crippen molar-refractivity contribution in [3.8, 4) is 0 Å². The van der Waals surface area contributed by atoms with Gasteiger partial charge in [0.2, 0.25) is 0 Å². The van der Waals surface area contributed by atoms with E-state index in [9.17, 15) is 0 Å². The molecule has 0 aromatic heterocycles. The molecule has 0 heterocycles. The summed E-state index contributed by atoms with van der Waals surface area (Å²) in [7, 11) is 0. The number of hydrogen-bond donors (Lipinski definition) is 0. The molecule has 0 fully saturated rings. The maximum Gasteiger partial charge on any atom is 3.00 e. The van der Waals surface area contributed by atoms with Gasteiger partial charge in [0.25, 0.3) is 0 Å². The molecule has 0 unspecified atom stereocenters. The largest absolute Gasteiger partial charge is 3.00 e. The monoisotopic (exact) mass is 1100 g/mol. The third-order valence-corrected chi connectivity index (χ3v) is 0. The summed E-state index contributed by atoms with van der Waals surface area (Å²) in [5.41, 5.74) is 0. The fourth-order valence-corrected chi connectivity index (χ4v) is 0. The molecule has 25 heteroatoms. The Bertz CT molecular complexity index is 408. The average molecular weight is 1100 g/mol. The first-order chi connectivity index (χ1) is 20.0. The first kappa shape index (κ1) is 221. The summed E-state index contributed by atoms with van der Waals surface area (Å²) >= 11 is 8.96. The molecule has 0 rings (SSSR count). The van der Waals surface area contributed by atoms with Crippen LogP contribution in [0, 0.1) is 213 Å². The van der Waals surface area contributed by atoms with Crippen molar-refractivity contribution < 1.29 is 40.7 Å². The van der Waals surface area contributed by atoms with E-state index in [0.717, 1.165) is 42.8 Å². The van der Waals surface area contributed by atoms with Gasteiger partial charge in [-0.15, -0.1) is 0 Å². The fourth-order valence-electron chi connectivity index (χ4n) is 0. The van der Waals surface area contributed by atoms with Crippen LogP contribution in [0.25, 0.3) is 0 Å². The summed E-state index contributed by atoms with van der Waals surface area (Å²) in [6.45, 7) is 85.5. The Morgan fingerprint density at radius 1 is 0.186 bits per heavy atom. The third-order valence-electron chi connectivity index (χ3n) is 0. The summed E-state index contributed by atoms with van der Waals surface area (Å²) in [6, 6.07) is 0. The van der Waals surface area contributed by atoms with Gasteiger partial charge in [0.1, 0.15) is 0 Å². The van der Waals surface area contributed by atoms with Gasteiger partial charge in [0.05, 0.1) is 0 Å². The number of nitrogens with zero attached hydrogens (tertiary/aromatic N) is 18. The van der Waals surface area contributed by atoms with Crippen molar-refractivity contribution in [2.24, 2.45) is 0 Å². The molecule has 0 bridgehead atoms. The van der Waals surface area contributed by atoms with Crippen LogP contribution in [0.3, 0.4) is 0 Å². The molecule has 0 aromatic carbocycles. The molecule has 0 atom stereocenters. The van der Waals surface area contributed by atoms with E-state index in [4.69, 9.17) is 213 Å². The molecular weight excluding hydrogens is 1100 g/mol. The average Bonchev–Trinajstić information content (AvgIpc) is 3.21. The van der Waals surface area contributed by atoms with Crippen molar-refractivity contribution in [1.29, 1.82) is 94.7 Å². The summed E-state index contributed by atoms with van der Waals surface area (Å²) in [5.74, 6) is 0. The van der Waals surface area contributed by atoms with Crippen molar-refractivity contribution in [3.63, 3.8) is 0 Å². The van der Waals surface area contributed by atoms with Crippen LogP contribution in [0.2, 0.25) is 0 Å². The molecule has 18 nitrogen and oxygen atoms in total. The van der Waals surface area contributed by atoms with E-state index in [1.807, 2.05) is 0 Å². The minimum Gasteiger partial charge on any atom is 3.00 e. The Morgan fingerprint density at radius 2 is 0.186 bits per heavy atom. The van der Waals surface area contributed by atoms with Crippen molar-refractivity contribution in [2.75, 3.05) is 0 Å². The van der Waals surface area contributed by atoms with Crippen molar-refractivity contribution in [2.45, 2.75) is 0 Å². The first-order valence-electron chi connectivity index (χ1n) is 4.43. The Balaban J connectivity index is -0.00000000465. The van der Waals surface area contributed by atoms with Gasteiger partial charge in [0, 0.05) is 0 Å². The van der Waals surface area contributed by atoms with Crippen LogP contribution < -0.4 is 0 Å². The number of rotatable bonds is 0. The molecule has 0 N–H and O–H groups in total. The van der Waals surface area contributed by atoms with Crippen molar-refractivity contribution in [1.82, 2.24) is 0 Å². The standard InChI is InChI=1S/18CN.3Fe.4In/c18*1-2;;;;;;;/q18*-1;;;+4;;;2*+3. The Kier molecular flexibility index (Phi) is 15400. The second-order valence-corrected chi connectivity index (χ2v) is 0. The molecule has 0 aromatic rings. The summed E-state index contributed by atoms with van der Waals surface area (Å²) < 4.78 is 0. The van der Waals surface area contributed by atoms with E-state index in [-0.39, 0.29) is 68.8 Å². The van der Waals surface area contributed by atoms with Crippen molar-refractivity contribution >= 4 is 94.5 Å². The summed E-state index contributed by atoms with van der Waals surface area (Å²) in [4.78, 5) is 0. The van der Waals surface area contributed by atoms with Gasteiger partial charge < -0.3 is 213 Å².